The van der Waals surface area contributed by atoms with E-state index in [-0.39, 0.29) is 42.2 Å². The lowest BCUT2D eigenvalue weighted by Crippen LogP contribution is -2.60. The minimum absolute atomic E-state index is 0. The van der Waals surface area contributed by atoms with Crippen LogP contribution < -0.4 is 16.0 Å². The van der Waals surface area contributed by atoms with Crippen LogP contribution in [0.3, 0.4) is 0 Å². The Hall–Kier alpha value is -1.60. The summed E-state index contributed by atoms with van der Waals surface area (Å²) in [7, 11) is 0. The van der Waals surface area contributed by atoms with Gasteiger partial charge in [0.05, 0.1) is 12.1 Å². The molecule has 8 heteroatoms. The molecule has 0 aromatic rings. The Bertz CT molecular complexity index is 458. The Morgan fingerprint density at radius 2 is 1.87 bits per heavy atom. The molecule has 1 heterocycles. The summed E-state index contributed by atoms with van der Waals surface area (Å²) < 4.78 is 0. The fourth-order valence-corrected chi connectivity index (χ4v) is 3.01. The van der Waals surface area contributed by atoms with Crippen molar-refractivity contribution in [1.29, 1.82) is 0 Å². The predicted molar refractivity (Wildman–Crippen MR) is 89.4 cm³/mol. The number of carboxylic acids is 1. The fraction of sp³-hybridized carbons (Fsp3) is 0.667. The molecular formula is C15H26ClN3O4. The molecule has 0 aromatic heterocycles. The zero-order chi connectivity index (χ0) is 16.9. The van der Waals surface area contributed by atoms with E-state index in [1.165, 1.54) is 13.8 Å². The van der Waals surface area contributed by atoms with Crippen LogP contribution in [0.4, 0.5) is 0 Å². The van der Waals surface area contributed by atoms with Gasteiger partial charge in [0, 0.05) is 19.9 Å². The minimum Gasteiger partial charge on any atom is -0.480 e. The summed E-state index contributed by atoms with van der Waals surface area (Å²) >= 11 is 0. The predicted octanol–water partition coefficient (Wildman–Crippen LogP) is 0.445. The van der Waals surface area contributed by atoms with Crippen molar-refractivity contribution in [2.75, 3.05) is 0 Å². The second-order valence-corrected chi connectivity index (χ2v) is 5.66. The maximum Gasteiger partial charge on any atom is 0.320 e. The third kappa shape index (κ3) is 5.84. The molecule has 0 saturated carbocycles. The van der Waals surface area contributed by atoms with Gasteiger partial charge in [-0.1, -0.05) is 13.0 Å². The number of amides is 2. The van der Waals surface area contributed by atoms with Crippen LogP contribution in [0.15, 0.2) is 12.7 Å². The SMILES string of the molecule is C=C[C@@H]1C[C@H](C(=O)O)N[C@H]1C(NC(C)=O)C(CC)NC(C)=O.Cl. The summed E-state index contributed by atoms with van der Waals surface area (Å²) in [4.78, 5) is 34.1. The minimum atomic E-state index is -0.927. The highest BCUT2D eigenvalue weighted by Crippen LogP contribution is 2.26. The monoisotopic (exact) mass is 347 g/mol. The molecule has 132 valence electrons. The lowest BCUT2D eigenvalue weighted by atomic mass is 9.88. The largest absolute Gasteiger partial charge is 0.480 e. The molecule has 1 aliphatic heterocycles. The van der Waals surface area contributed by atoms with Crippen molar-refractivity contribution in [2.24, 2.45) is 5.92 Å². The van der Waals surface area contributed by atoms with Gasteiger partial charge in [0.2, 0.25) is 11.8 Å². The molecule has 0 radical (unpaired) electrons. The first-order valence-electron chi connectivity index (χ1n) is 7.45. The second-order valence-electron chi connectivity index (χ2n) is 5.66. The van der Waals surface area contributed by atoms with E-state index < -0.39 is 18.1 Å². The highest BCUT2D eigenvalue weighted by Gasteiger charge is 2.42. The van der Waals surface area contributed by atoms with Crippen LogP contribution in [0.1, 0.15) is 33.6 Å². The molecule has 1 fully saturated rings. The molecule has 1 rings (SSSR count). The van der Waals surface area contributed by atoms with Gasteiger partial charge in [-0.2, -0.15) is 0 Å². The number of carbonyl (C=O) groups is 3. The van der Waals surface area contributed by atoms with Crippen LogP contribution in [0, 0.1) is 5.92 Å². The van der Waals surface area contributed by atoms with Crippen LogP contribution >= 0.6 is 12.4 Å². The standard InChI is InChI=1S/C15H25N3O4.ClH/c1-5-10-7-12(15(21)22)18-13(10)14(17-9(4)20)11(6-2)16-8(3)19;/h5,10-14,18H,1,6-7H2,2-4H3,(H,16,19)(H,17,20)(H,21,22);1H/t10-,11?,12-,13-,14?;/m1./s1. The third-order valence-corrected chi connectivity index (χ3v) is 3.98. The Labute approximate surface area is 142 Å². The van der Waals surface area contributed by atoms with Gasteiger partial charge < -0.3 is 15.7 Å². The van der Waals surface area contributed by atoms with E-state index in [4.69, 9.17) is 0 Å². The lowest BCUT2D eigenvalue weighted by Gasteiger charge is -2.34. The first-order chi connectivity index (χ1) is 10.3. The summed E-state index contributed by atoms with van der Waals surface area (Å²) in [6.45, 7) is 8.49. The maximum absolute atomic E-state index is 11.5. The molecule has 0 spiro atoms. The Balaban J connectivity index is 0.00000484. The van der Waals surface area contributed by atoms with E-state index in [2.05, 4.69) is 22.5 Å². The van der Waals surface area contributed by atoms with Crippen molar-refractivity contribution in [1.82, 2.24) is 16.0 Å². The summed E-state index contributed by atoms with van der Waals surface area (Å²) in [6.07, 6.45) is 2.73. The zero-order valence-electron chi connectivity index (χ0n) is 13.7. The van der Waals surface area contributed by atoms with Gasteiger partial charge in [-0.25, -0.2) is 0 Å². The Kier molecular flexibility index (Phi) is 8.86. The molecule has 0 aliphatic carbocycles. The van der Waals surface area contributed by atoms with Crippen molar-refractivity contribution < 1.29 is 19.5 Å². The van der Waals surface area contributed by atoms with Gasteiger partial charge in [0.25, 0.3) is 0 Å². The number of hydrogen-bond donors (Lipinski definition) is 4. The van der Waals surface area contributed by atoms with Crippen LogP contribution in [0.25, 0.3) is 0 Å². The van der Waals surface area contributed by atoms with Crippen LogP contribution in [-0.4, -0.2) is 47.1 Å². The Morgan fingerprint density at radius 1 is 1.30 bits per heavy atom. The van der Waals surface area contributed by atoms with Crippen LogP contribution in [-0.2, 0) is 14.4 Å². The molecule has 1 saturated heterocycles. The average molecular weight is 348 g/mol. The maximum atomic E-state index is 11.5. The van der Waals surface area contributed by atoms with E-state index >= 15 is 0 Å². The molecule has 1 aliphatic rings. The van der Waals surface area contributed by atoms with E-state index in [0.717, 1.165) is 0 Å². The average Bonchev–Trinajstić information content (AvgIpc) is 2.86. The first-order valence-corrected chi connectivity index (χ1v) is 7.45. The van der Waals surface area contributed by atoms with E-state index in [9.17, 15) is 19.5 Å². The highest BCUT2D eigenvalue weighted by molar-refractivity contribution is 5.85. The smallest absolute Gasteiger partial charge is 0.320 e. The normalized spacial score (nSPS) is 25.6. The number of aliphatic carboxylic acids is 1. The van der Waals surface area contributed by atoms with Crippen molar-refractivity contribution in [2.45, 2.75) is 57.8 Å². The van der Waals surface area contributed by atoms with Crippen molar-refractivity contribution in [3.05, 3.63) is 12.7 Å². The van der Waals surface area contributed by atoms with Crippen molar-refractivity contribution in [3.63, 3.8) is 0 Å². The molecule has 4 N–H and O–H groups in total. The summed E-state index contributed by atoms with van der Waals surface area (Å²) in [5.41, 5.74) is 0. The van der Waals surface area contributed by atoms with E-state index in [1.807, 2.05) is 6.92 Å². The van der Waals surface area contributed by atoms with Crippen LogP contribution in [0.2, 0.25) is 0 Å². The number of nitrogens with one attached hydrogen (secondary N) is 3. The first kappa shape index (κ1) is 21.4. The molecule has 2 amide bonds. The highest BCUT2D eigenvalue weighted by atomic mass is 35.5. The van der Waals surface area contributed by atoms with Gasteiger partial charge in [-0.3, -0.25) is 19.7 Å². The van der Waals surface area contributed by atoms with Gasteiger partial charge in [-0.05, 0) is 18.8 Å². The fourth-order valence-electron chi connectivity index (χ4n) is 3.01. The van der Waals surface area contributed by atoms with Crippen molar-refractivity contribution in [3.8, 4) is 0 Å². The molecule has 5 atom stereocenters. The number of halogens is 1. The number of carboxylic acid groups (broad SMARTS) is 1. The van der Waals surface area contributed by atoms with Gasteiger partial charge in [0.15, 0.2) is 0 Å². The number of rotatable bonds is 7. The molecule has 7 nitrogen and oxygen atoms in total. The molecule has 0 bridgehead atoms. The second kappa shape index (κ2) is 9.52. The number of hydrogen-bond acceptors (Lipinski definition) is 4. The zero-order valence-corrected chi connectivity index (χ0v) is 14.5. The van der Waals surface area contributed by atoms with E-state index in [1.54, 1.807) is 6.08 Å². The summed E-state index contributed by atoms with van der Waals surface area (Å²) in [5.74, 6) is -1.44. The lowest BCUT2D eigenvalue weighted by molar-refractivity contribution is -0.139. The quantitative estimate of drug-likeness (QED) is 0.500. The summed E-state index contributed by atoms with van der Waals surface area (Å²) in [5, 5.41) is 17.9. The third-order valence-electron chi connectivity index (χ3n) is 3.98. The molecule has 0 aromatic carbocycles. The van der Waals surface area contributed by atoms with E-state index in [0.29, 0.717) is 12.8 Å². The van der Waals surface area contributed by atoms with Crippen molar-refractivity contribution >= 4 is 30.2 Å². The molecular weight excluding hydrogens is 322 g/mol. The van der Waals surface area contributed by atoms with Crippen LogP contribution in [0.5, 0.6) is 0 Å². The molecule has 23 heavy (non-hydrogen) atoms. The number of carbonyl (C=O) groups excluding carboxylic acids is 2. The van der Waals surface area contributed by atoms with Gasteiger partial charge in [0.1, 0.15) is 6.04 Å². The molecule has 2 unspecified atom stereocenters. The van der Waals surface area contributed by atoms with Gasteiger partial charge >= 0.3 is 5.97 Å². The van der Waals surface area contributed by atoms with Gasteiger partial charge in [-0.15, -0.1) is 19.0 Å². The Morgan fingerprint density at radius 3 is 2.26 bits per heavy atom. The summed E-state index contributed by atoms with van der Waals surface area (Å²) in [6, 6.07) is -1.66. The topological polar surface area (TPSA) is 108 Å².